The third-order valence-electron chi connectivity index (χ3n) is 16.8. The van der Waals surface area contributed by atoms with E-state index in [1.807, 2.05) is 0 Å². The second-order valence-electron chi connectivity index (χ2n) is 24.1. The second kappa shape index (κ2) is 12.2. The molecule has 5 aromatic rings. The average molecular weight is 792 g/mol. The fraction of sp³-hybridized carbons (Fsp3) is 0.482. The number of fused-ring (bicyclic) bond motifs is 9. The molecule has 0 amide bonds. The maximum absolute atomic E-state index is 6.14. The average Bonchev–Trinajstić information content (AvgIpc) is 3.50. The van der Waals surface area contributed by atoms with Crippen molar-refractivity contribution < 1.29 is 0 Å². The van der Waals surface area contributed by atoms with Gasteiger partial charge in [-0.15, -0.1) is 0 Å². The fourth-order valence-electron chi connectivity index (χ4n) is 14.1. The standard InChI is InChI=1S/C56H66BN3/c1-34-13-20-45-43(27-34)57-44-29-41-42(55(11,12)33-54(41,9)10)30-46(44)60(38-18-19-39-40(28-38)53(7,8)32-52(39,5)6)50-49(57)47(59(45)37-16-14-36(15-17-37)51(2,3)4)31-48(58-50)56-24-21-35(22-25-56)23-26-56/h13-20,27-31,35H,21-26,32-33H2,1-12H3. The second-order valence-corrected chi connectivity index (χ2v) is 24.1. The number of pyridine rings is 1. The highest BCUT2D eigenvalue weighted by molar-refractivity contribution is 7.00. The van der Waals surface area contributed by atoms with Gasteiger partial charge in [0.15, 0.2) is 0 Å². The van der Waals surface area contributed by atoms with Crippen molar-refractivity contribution in [3.8, 4) is 0 Å². The van der Waals surface area contributed by atoms with Gasteiger partial charge in [-0.05, 0) is 178 Å². The summed E-state index contributed by atoms with van der Waals surface area (Å²) in [6.45, 7) is 29.0. The summed E-state index contributed by atoms with van der Waals surface area (Å²) in [6.07, 6.45) is 10.0. The van der Waals surface area contributed by atoms with Crippen molar-refractivity contribution in [2.24, 2.45) is 5.92 Å². The first-order chi connectivity index (χ1) is 28.2. The normalized spacial score (nSPS) is 24.5. The molecule has 60 heavy (non-hydrogen) atoms. The molecule has 4 heteroatoms. The van der Waals surface area contributed by atoms with Crippen molar-refractivity contribution in [3.05, 3.63) is 118 Å². The van der Waals surface area contributed by atoms with Gasteiger partial charge in [0, 0.05) is 33.9 Å². The van der Waals surface area contributed by atoms with Gasteiger partial charge in [0.05, 0.1) is 5.69 Å². The Hall–Kier alpha value is -4.31. The van der Waals surface area contributed by atoms with Gasteiger partial charge < -0.3 is 4.90 Å². The summed E-state index contributed by atoms with van der Waals surface area (Å²) in [5, 5.41) is 0. The van der Waals surface area contributed by atoms with E-state index in [1.165, 1.54) is 122 Å². The summed E-state index contributed by atoms with van der Waals surface area (Å²) in [4.78, 5) is 11.4. The van der Waals surface area contributed by atoms with Crippen LogP contribution in [-0.2, 0) is 32.5 Å². The Morgan fingerprint density at radius 1 is 0.567 bits per heavy atom. The molecule has 5 aliphatic carbocycles. The molecule has 3 nitrogen and oxygen atoms in total. The van der Waals surface area contributed by atoms with Crippen molar-refractivity contribution in [1.29, 1.82) is 0 Å². The number of aromatic nitrogens is 1. The van der Waals surface area contributed by atoms with Gasteiger partial charge in [-0.25, -0.2) is 4.98 Å². The number of benzene rings is 4. The summed E-state index contributed by atoms with van der Waals surface area (Å²) >= 11 is 0. The van der Waals surface area contributed by atoms with Crippen molar-refractivity contribution in [2.75, 3.05) is 9.80 Å². The predicted molar refractivity (Wildman–Crippen MR) is 256 cm³/mol. The zero-order valence-electron chi connectivity index (χ0n) is 38.7. The van der Waals surface area contributed by atoms with Crippen LogP contribution in [0.25, 0.3) is 0 Å². The lowest BCUT2D eigenvalue weighted by Crippen LogP contribution is -2.62. The molecule has 2 aliphatic heterocycles. The van der Waals surface area contributed by atoms with Crippen LogP contribution in [0.3, 0.4) is 0 Å². The Balaban J connectivity index is 1.25. The molecular formula is C56H66BN3. The molecule has 3 saturated carbocycles. The van der Waals surface area contributed by atoms with E-state index in [0.717, 1.165) is 24.6 Å². The number of anilines is 6. The van der Waals surface area contributed by atoms with E-state index in [0.29, 0.717) is 0 Å². The summed E-state index contributed by atoms with van der Waals surface area (Å²) in [7, 11) is 0. The summed E-state index contributed by atoms with van der Waals surface area (Å²) < 4.78 is 0. The maximum Gasteiger partial charge on any atom is 0.254 e. The van der Waals surface area contributed by atoms with Crippen LogP contribution in [0.2, 0.25) is 0 Å². The summed E-state index contributed by atoms with van der Waals surface area (Å²) in [6, 6.07) is 32.2. The third kappa shape index (κ3) is 5.43. The minimum atomic E-state index is 0.0667. The molecule has 0 atom stereocenters. The Bertz CT molecular complexity index is 2610. The molecule has 3 fully saturated rings. The number of hydrogen-bond donors (Lipinski definition) is 0. The van der Waals surface area contributed by atoms with E-state index in [1.54, 1.807) is 0 Å². The van der Waals surface area contributed by atoms with Gasteiger partial charge in [0.1, 0.15) is 5.82 Å². The third-order valence-corrected chi connectivity index (χ3v) is 16.8. The first kappa shape index (κ1) is 38.6. The molecule has 0 N–H and O–H groups in total. The predicted octanol–water partition coefficient (Wildman–Crippen LogP) is 12.9. The SMILES string of the molecule is Cc1ccc2c(c1)B1c3cc4c(cc3N(c3ccc5c(c3)C(C)(C)CC5(C)C)c3nc(C56CCC(CC5)CC6)cc(c31)N2c1ccc(C(C)(C)C)cc1)C(C)(C)CC4(C)C. The molecule has 1 aromatic heterocycles. The van der Waals surface area contributed by atoms with Crippen molar-refractivity contribution in [1.82, 2.24) is 4.98 Å². The molecule has 2 bridgehead atoms. The number of nitrogens with zero attached hydrogens (tertiary/aromatic N) is 3. The van der Waals surface area contributed by atoms with Crippen molar-refractivity contribution in [3.63, 3.8) is 0 Å². The molecule has 0 spiro atoms. The minimum Gasteiger partial charge on any atom is -0.311 e. The lowest BCUT2D eigenvalue weighted by Gasteiger charge is -2.49. The van der Waals surface area contributed by atoms with Crippen LogP contribution in [0.1, 0.15) is 167 Å². The van der Waals surface area contributed by atoms with Gasteiger partial charge in [-0.3, -0.25) is 4.90 Å². The number of aryl methyl sites for hydroxylation is 1. The van der Waals surface area contributed by atoms with Crippen LogP contribution >= 0.6 is 0 Å². The molecule has 0 radical (unpaired) electrons. The maximum atomic E-state index is 6.14. The smallest absolute Gasteiger partial charge is 0.254 e. The number of hydrogen-bond acceptors (Lipinski definition) is 3. The highest BCUT2D eigenvalue weighted by Crippen LogP contribution is 2.56. The topological polar surface area (TPSA) is 19.4 Å². The monoisotopic (exact) mass is 792 g/mol. The van der Waals surface area contributed by atoms with E-state index in [9.17, 15) is 0 Å². The Morgan fingerprint density at radius 3 is 1.77 bits per heavy atom. The van der Waals surface area contributed by atoms with Gasteiger partial charge in [-0.2, -0.15) is 0 Å². The number of rotatable bonds is 3. The van der Waals surface area contributed by atoms with E-state index in [2.05, 4.69) is 172 Å². The lowest BCUT2D eigenvalue weighted by molar-refractivity contribution is 0.132. The van der Waals surface area contributed by atoms with E-state index < -0.39 is 0 Å². The molecule has 3 heterocycles. The molecule has 12 rings (SSSR count). The zero-order valence-corrected chi connectivity index (χ0v) is 38.7. The highest BCUT2D eigenvalue weighted by Gasteiger charge is 2.51. The molecular weight excluding hydrogens is 725 g/mol. The molecule has 308 valence electrons. The van der Waals surface area contributed by atoms with Gasteiger partial charge >= 0.3 is 0 Å². The zero-order chi connectivity index (χ0) is 42.1. The van der Waals surface area contributed by atoms with Crippen LogP contribution in [0.5, 0.6) is 0 Å². The summed E-state index contributed by atoms with van der Waals surface area (Å²) in [5.74, 6) is 2.04. The van der Waals surface area contributed by atoms with Gasteiger partial charge in [0.2, 0.25) is 0 Å². The molecule has 7 aliphatic rings. The van der Waals surface area contributed by atoms with Gasteiger partial charge in [-0.1, -0.05) is 118 Å². The van der Waals surface area contributed by atoms with E-state index >= 15 is 0 Å². The first-order valence-corrected chi connectivity index (χ1v) is 23.4. The lowest BCUT2D eigenvalue weighted by atomic mass is 9.33. The Kier molecular flexibility index (Phi) is 7.85. The van der Waals surface area contributed by atoms with Crippen LogP contribution in [0, 0.1) is 12.8 Å². The van der Waals surface area contributed by atoms with E-state index in [-0.39, 0.29) is 39.2 Å². The molecule has 0 unspecified atom stereocenters. The summed E-state index contributed by atoms with van der Waals surface area (Å²) in [5.41, 5.74) is 21.2. The Morgan fingerprint density at radius 2 is 1.13 bits per heavy atom. The van der Waals surface area contributed by atoms with Gasteiger partial charge in [0.25, 0.3) is 6.71 Å². The van der Waals surface area contributed by atoms with Crippen LogP contribution in [0.15, 0.2) is 78.9 Å². The minimum absolute atomic E-state index is 0.0667. The van der Waals surface area contributed by atoms with E-state index in [4.69, 9.17) is 4.98 Å². The van der Waals surface area contributed by atoms with Crippen molar-refractivity contribution >= 4 is 57.4 Å². The first-order valence-electron chi connectivity index (χ1n) is 23.4. The Labute approximate surface area is 361 Å². The quantitative estimate of drug-likeness (QED) is 0.166. The van der Waals surface area contributed by atoms with Crippen LogP contribution < -0.4 is 26.2 Å². The van der Waals surface area contributed by atoms with Crippen molar-refractivity contribution in [2.45, 2.75) is 167 Å². The van der Waals surface area contributed by atoms with Crippen LogP contribution in [-0.4, -0.2) is 11.7 Å². The largest absolute Gasteiger partial charge is 0.311 e. The fourth-order valence-corrected chi connectivity index (χ4v) is 14.1. The molecule has 4 aromatic carbocycles. The van der Waals surface area contributed by atoms with Crippen LogP contribution in [0.4, 0.5) is 34.3 Å². The molecule has 0 saturated heterocycles. The highest BCUT2D eigenvalue weighted by atomic mass is 15.2.